The molecule has 0 bridgehead atoms. The highest BCUT2D eigenvalue weighted by Gasteiger charge is 2.13. The molecule has 5 heteroatoms. The molecule has 0 atom stereocenters. The second-order valence-electron chi connectivity index (χ2n) is 4.58. The second kappa shape index (κ2) is 7.94. The average Bonchev–Trinajstić information content (AvgIpc) is 2.47. The summed E-state index contributed by atoms with van der Waals surface area (Å²) in [6, 6.07) is 7.01. The molecule has 1 aromatic rings. The van der Waals surface area contributed by atoms with Gasteiger partial charge in [0.15, 0.2) is 0 Å². The standard InChI is InChI=1S/C15H23NO3S/c1-4-6-7-8-13-19-15-11-9-14(10-12-15)16(3)20(17,18)5-2/h5,9-12H,2,4,6-8,13H2,1,3H3. The second-order valence-corrected chi connectivity index (χ2v) is 6.49. The summed E-state index contributed by atoms with van der Waals surface area (Å²) in [6.07, 6.45) is 4.65. The van der Waals surface area contributed by atoms with E-state index >= 15 is 0 Å². The zero-order valence-corrected chi connectivity index (χ0v) is 13.0. The lowest BCUT2D eigenvalue weighted by Gasteiger charge is -2.17. The third-order valence-corrected chi connectivity index (χ3v) is 4.45. The summed E-state index contributed by atoms with van der Waals surface area (Å²) in [5, 5.41) is 0.936. The Balaban J connectivity index is 2.54. The summed E-state index contributed by atoms with van der Waals surface area (Å²) >= 11 is 0. The van der Waals surface area contributed by atoms with Crippen LogP contribution in [0.4, 0.5) is 5.69 Å². The van der Waals surface area contributed by atoms with Crippen LogP contribution in [0.3, 0.4) is 0 Å². The van der Waals surface area contributed by atoms with Crippen LogP contribution in [0.1, 0.15) is 32.6 Å². The smallest absolute Gasteiger partial charge is 0.256 e. The van der Waals surface area contributed by atoms with E-state index in [1.165, 1.54) is 30.6 Å². The fourth-order valence-corrected chi connectivity index (χ4v) is 2.37. The van der Waals surface area contributed by atoms with Gasteiger partial charge in [0.2, 0.25) is 0 Å². The summed E-state index contributed by atoms with van der Waals surface area (Å²) in [4.78, 5) is 0. The minimum atomic E-state index is -3.43. The predicted molar refractivity (Wildman–Crippen MR) is 83.6 cm³/mol. The number of hydrogen-bond donors (Lipinski definition) is 0. The molecule has 0 fully saturated rings. The van der Waals surface area contributed by atoms with E-state index in [0.717, 1.165) is 17.6 Å². The van der Waals surface area contributed by atoms with Crippen LogP contribution >= 0.6 is 0 Å². The molecule has 0 spiro atoms. The van der Waals surface area contributed by atoms with E-state index in [4.69, 9.17) is 4.74 Å². The fraction of sp³-hybridized carbons (Fsp3) is 0.467. The van der Waals surface area contributed by atoms with Crippen molar-refractivity contribution in [2.75, 3.05) is 18.0 Å². The highest BCUT2D eigenvalue weighted by Crippen LogP contribution is 2.21. The minimum absolute atomic E-state index is 0.586. The van der Waals surface area contributed by atoms with Gasteiger partial charge in [0.05, 0.1) is 12.3 Å². The SMILES string of the molecule is C=CS(=O)(=O)N(C)c1ccc(OCCCCCC)cc1. The van der Waals surface area contributed by atoms with Gasteiger partial charge >= 0.3 is 0 Å². The number of rotatable bonds is 9. The molecular weight excluding hydrogens is 274 g/mol. The molecule has 0 aliphatic carbocycles. The van der Waals surface area contributed by atoms with Gasteiger partial charge in [-0.2, -0.15) is 0 Å². The van der Waals surface area contributed by atoms with E-state index in [1.54, 1.807) is 24.3 Å². The topological polar surface area (TPSA) is 46.6 Å². The maximum absolute atomic E-state index is 11.6. The highest BCUT2D eigenvalue weighted by atomic mass is 32.2. The first-order valence-corrected chi connectivity index (χ1v) is 8.36. The van der Waals surface area contributed by atoms with Crippen LogP contribution in [0.2, 0.25) is 0 Å². The number of sulfonamides is 1. The van der Waals surface area contributed by atoms with Gasteiger partial charge in [-0.15, -0.1) is 0 Å². The van der Waals surface area contributed by atoms with Crippen molar-refractivity contribution in [3.05, 3.63) is 36.3 Å². The Bertz CT molecular complexity index is 508. The van der Waals surface area contributed by atoms with Gasteiger partial charge in [-0.3, -0.25) is 4.31 Å². The molecule has 0 heterocycles. The summed E-state index contributed by atoms with van der Waals surface area (Å²) in [7, 11) is -1.94. The van der Waals surface area contributed by atoms with Gasteiger partial charge in [0.1, 0.15) is 5.75 Å². The van der Waals surface area contributed by atoms with Crippen molar-refractivity contribution in [3.8, 4) is 5.75 Å². The largest absolute Gasteiger partial charge is 0.494 e. The molecule has 0 radical (unpaired) electrons. The summed E-state index contributed by atoms with van der Waals surface area (Å²) in [5.74, 6) is 0.759. The maximum Gasteiger partial charge on any atom is 0.256 e. The molecule has 20 heavy (non-hydrogen) atoms. The molecule has 0 aromatic heterocycles. The van der Waals surface area contributed by atoms with Crippen LogP contribution in [0, 0.1) is 0 Å². The Morgan fingerprint density at radius 2 is 1.85 bits per heavy atom. The zero-order chi connectivity index (χ0) is 15.0. The number of hydrogen-bond acceptors (Lipinski definition) is 3. The van der Waals surface area contributed by atoms with Crippen molar-refractivity contribution in [3.63, 3.8) is 0 Å². The van der Waals surface area contributed by atoms with E-state index < -0.39 is 10.0 Å². The third kappa shape index (κ3) is 4.89. The molecule has 112 valence electrons. The van der Waals surface area contributed by atoms with E-state index in [0.29, 0.717) is 12.3 Å². The van der Waals surface area contributed by atoms with Gasteiger partial charge in [0.25, 0.3) is 10.0 Å². The predicted octanol–water partition coefficient (Wildman–Crippen LogP) is 3.56. The Morgan fingerprint density at radius 3 is 2.40 bits per heavy atom. The van der Waals surface area contributed by atoms with Gasteiger partial charge in [-0.1, -0.05) is 32.8 Å². The van der Waals surface area contributed by atoms with Gasteiger partial charge in [-0.05, 0) is 30.7 Å². The van der Waals surface area contributed by atoms with E-state index in [9.17, 15) is 8.42 Å². The van der Waals surface area contributed by atoms with Crippen molar-refractivity contribution in [2.45, 2.75) is 32.6 Å². The maximum atomic E-state index is 11.6. The fourth-order valence-electron chi connectivity index (χ4n) is 1.73. The van der Waals surface area contributed by atoms with Crippen LogP contribution < -0.4 is 9.04 Å². The molecule has 0 aliphatic rings. The van der Waals surface area contributed by atoms with Gasteiger partial charge in [0, 0.05) is 12.5 Å². The van der Waals surface area contributed by atoms with Gasteiger partial charge < -0.3 is 4.74 Å². The average molecular weight is 297 g/mol. The van der Waals surface area contributed by atoms with Crippen LogP contribution in [0.15, 0.2) is 36.3 Å². The quantitative estimate of drug-likeness (QED) is 0.655. The molecule has 4 nitrogen and oxygen atoms in total. The summed E-state index contributed by atoms with van der Waals surface area (Å²) < 4.78 is 30.1. The van der Waals surface area contributed by atoms with E-state index in [-0.39, 0.29) is 0 Å². The lowest BCUT2D eigenvalue weighted by molar-refractivity contribution is 0.305. The molecule has 1 aromatic carbocycles. The number of benzene rings is 1. The zero-order valence-electron chi connectivity index (χ0n) is 12.2. The lowest BCUT2D eigenvalue weighted by atomic mass is 10.2. The first kappa shape index (κ1) is 16.6. The van der Waals surface area contributed by atoms with Crippen molar-refractivity contribution in [1.82, 2.24) is 0 Å². The molecule has 0 aliphatic heterocycles. The minimum Gasteiger partial charge on any atom is -0.494 e. The first-order valence-electron chi connectivity index (χ1n) is 6.85. The van der Waals surface area contributed by atoms with Crippen LogP contribution in [0.25, 0.3) is 0 Å². The number of anilines is 1. The molecular formula is C15H23NO3S. The Labute approximate surface area is 122 Å². The molecule has 0 saturated carbocycles. The summed E-state index contributed by atoms with van der Waals surface area (Å²) in [6.45, 7) is 6.18. The molecule has 0 N–H and O–H groups in total. The van der Waals surface area contributed by atoms with Gasteiger partial charge in [-0.25, -0.2) is 8.42 Å². The van der Waals surface area contributed by atoms with E-state index in [2.05, 4.69) is 13.5 Å². The molecule has 0 unspecified atom stereocenters. The first-order chi connectivity index (χ1) is 9.51. The molecule has 1 rings (SSSR count). The van der Waals surface area contributed by atoms with Crippen LogP contribution in [0.5, 0.6) is 5.75 Å². The number of ether oxygens (including phenoxy) is 1. The molecule has 0 saturated heterocycles. The monoisotopic (exact) mass is 297 g/mol. The Hall–Kier alpha value is -1.49. The van der Waals surface area contributed by atoms with E-state index in [1.807, 2.05) is 0 Å². The lowest BCUT2D eigenvalue weighted by Crippen LogP contribution is -2.23. The van der Waals surface area contributed by atoms with Crippen LogP contribution in [-0.4, -0.2) is 22.1 Å². The van der Waals surface area contributed by atoms with Crippen LogP contribution in [-0.2, 0) is 10.0 Å². The number of unbranched alkanes of at least 4 members (excludes halogenated alkanes) is 3. The normalized spacial score (nSPS) is 11.1. The third-order valence-electron chi connectivity index (χ3n) is 3.06. The van der Waals surface area contributed by atoms with Crippen molar-refractivity contribution < 1.29 is 13.2 Å². The van der Waals surface area contributed by atoms with Crippen molar-refractivity contribution in [1.29, 1.82) is 0 Å². The Morgan fingerprint density at radius 1 is 1.20 bits per heavy atom. The Kier molecular flexibility index (Phi) is 6.58. The highest BCUT2D eigenvalue weighted by molar-refractivity contribution is 7.95. The van der Waals surface area contributed by atoms with Crippen molar-refractivity contribution >= 4 is 15.7 Å². The molecule has 0 amide bonds. The number of nitrogens with zero attached hydrogens (tertiary/aromatic N) is 1. The van der Waals surface area contributed by atoms with Crippen molar-refractivity contribution in [2.24, 2.45) is 0 Å². The summed E-state index contributed by atoms with van der Waals surface area (Å²) in [5.41, 5.74) is 0.586.